The Balaban J connectivity index is 1.82. The molecule has 0 spiro atoms. The highest BCUT2D eigenvalue weighted by Gasteiger charge is 2.22. The zero-order chi connectivity index (χ0) is 10.7. The van der Waals surface area contributed by atoms with Gasteiger partial charge in [0.25, 0.3) is 0 Å². The van der Waals surface area contributed by atoms with Gasteiger partial charge >= 0.3 is 0 Å². The fourth-order valence-corrected chi connectivity index (χ4v) is 2.40. The third-order valence-corrected chi connectivity index (χ3v) is 3.34. The molecule has 0 aromatic carbocycles. The van der Waals surface area contributed by atoms with Crippen molar-refractivity contribution >= 4 is 0 Å². The maximum absolute atomic E-state index is 6.01. The average molecular weight is 207 g/mol. The van der Waals surface area contributed by atoms with Crippen molar-refractivity contribution in [3.63, 3.8) is 0 Å². The van der Waals surface area contributed by atoms with Crippen LogP contribution in [0.2, 0.25) is 0 Å². The molecule has 0 bridgehead atoms. The highest BCUT2D eigenvalue weighted by Crippen LogP contribution is 2.22. The standard InChI is InChI=1S/C13H21NO/c1-10-5-3-6-11(2)13(10)15-9-12-7-4-8-14-12/h3,5-6,10,12-14H,4,7-9H2,1-2H3. The van der Waals surface area contributed by atoms with Crippen molar-refractivity contribution in [3.8, 4) is 0 Å². The highest BCUT2D eigenvalue weighted by atomic mass is 16.5. The van der Waals surface area contributed by atoms with Gasteiger partial charge in [-0.15, -0.1) is 0 Å². The van der Waals surface area contributed by atoms with E-state index in [1.165, 1.54) is 18.4 Å². The van der Waals surface area contributed by atoms with Crippen LogP contribution in [0.25, 0.3) is 0 Å². The van der Waals surface area contributed by atoms with Crippen molar-refractivity contribution in [1.29, 1.82) is 0 Å². The normalized spacial score (nSPS) is 35.6. The van der Waals surface area contributed by atoms with E-state index in [-0.39, 0.29) is 6.10 Å². The molecule has 0 saturated carbocycles. The number of allylic oxidation sites excluding steroid dienone is 2. The van der Waals surface area contributed by atoms with Gasteiger partial charge in [-0.1, -0.05) is 25.2 Å². The molecule has 1 N–H and O–H groups in total. The van der Waals surface area contributed by atoms with Gasteiger partial charge in [0.05, 0.1) is 12.7 Å². The monoisotopic (exact) mass is 207 g/mol. The van der Waals surface area contributed by atoms with Crippen molar-refractivity contribution in [2.24, 2.45) is 5.92 Å². The molecule has 2 aliphatic rings. The Morgan fingerprint density at radius 2 is 2.40 bits per heavy atom. The first-order chi connectivity index (χ1) is 7.27. The van der Waals surface area contributed by atoms with Gasteiger partial charge in [0.1, 0.15) is 0 Å². The van der Waals surface area contributed by atoms with Crippen molar-refractivity contribution in [2.45, 2.75) is 38.8 Å². The zero-order valence-corrected chi connectivity index (χ0v) is 9.70. The van der Waals surface area contributed by atoms with Crippen LogP contribution in [0.15, 0.2) is 23.8 Å². The van der Waals surface area contributed by atoms with Gasteiger partial charge in [0.15, 0.2) is 0 Å². The van der Waals surface area contributed by atoms with Crippen LogP contribution in [0.1, 0.15) is 26.7 Å². The van der Waals surface area contributed by atoms with E-state index < -0.39 is 0 Å². The first-order valence-corrected chi connectivity index (χ1v) is 5.97. The maximum atomic E-state index is 6.01. The molecular weight excluding hydrogens is 186 g/mol. The quantitative estimate of drug-likeness (QED) is 0.766. The van der Waals surface area contributed by atoms with E-state index in [9.17, 15) is 0 Å². The first-order valence-electron chi connectivity index (χ1n) is 5.97. The summed E-state index contributed by atoms with van der Waals surface area (Å²) in [7, 11) is 0. The molecular formula is C13H21NO. The summed E-state index contributed by atoms with van der Waals surface area (Å²) in [6, 6.07) is 0.580. The molecule has 2 rings (SSSR count). The molecule has 84 valence electrons. The van der Waals surface area contributed by atoms with E-state index in [4.69, 9.17) is 4.74 Å². The molecule has 1 aliphatic heterocycles. The Morgan fingerprint density at radius 1 is 1.53 bits per heavy atom. The van der Waals surface area contributed by atoms with Crippen molar-refractivity contribution in [1.82, 2.24) is 5.32 Å². The van der Waals surface area contributed by atoms with Crippen molar-refractivity contribution in [3.05, 3.63) is 23.8 Å². The number of rotatable bonds is 3. The number of ether oxygens (including phenoxy) is 1. The third-order valence-electron chi connectivity index (χ3n) is 3.34. The molecule has 3 unspecified atom stereocenters. The molecule has 0 radical (unpaired) electrons. The molecule has 0 aromatic rings. The van der Waals surface area contributed by atoms with Crippen LogP contribution < -0.4 is 5.32 Å². The minimum atomic E-state index is 0.289. The maximum Gasteiger partial charge on any atom is 0.0846 e. The minimum Gasteiger partial charge on any atom is -0.372 e. The van der Waals surface area contributed by atoms with Crippen LogP contribution in [0.5, 0.6) is 0 Å². The first kappa shape index (κ1) is 10.9. The molecule has 1 saturated heterocycles. The predicted octanol–water partition coefficient (Wildman–Crippen LogP) is 2.28. The van der Waals surface area contributed by atoms with E-state index in [0.29, 0.717) is 12.0 Å². The lowest BCUT2D eigenvalue weighted by atomic mass is 9.93. The van der Waals surface area contributed by atoms with Crippen LogP contribution in [-0.2, 0) is 4.74 Å². The second kappa shape index (κ2) is 4.95. The Hall–Kier alpha value is -0.600. The molecule has 1 aliphatic carbocycles. The summed E-state index contributed by atoms with van der Waals surface area (Å²) in [5.74, 6) is 0.511. The van der Waals surface area contributed by atoms with Crippen molar-refractivity contribution in [2.75, 3.05) is 13.2 Å². The van der Waals surface area contributed by atoms with Gasteiger partial charge in [0, 0.05) is 12.0 Å². The summed E-state index contributed by atoms with van der Waals surface area (Å²) in [5.41, 5.74) is 1.35. The Labute approximate surface area is 92.4 Å². The van der Waals surface area contributed by atoms with E-state index in [1.807, 2.05) is 0 Å². The van der Waals surface area contributed by atoms with E-state index in [2.05, 4.69) is 37.4 Å². The van der Waals surface area contributed by atoms with Gasteiger partial charge in [0.2, 0.25) is 0 Å². The lowest BCUT2D eigenvalue weighted by Gasteiger charge is -2.26. The second-order valence-corrected chi connectivity index (χ2v) is 4.70. The van der Waals surface area contributed by atoms with Gasteiger partial charge in [-0.05, 0) is 31.9 Å². The molecule has 1 heterocycles. The minimum absolute atomic E-state index is 0.289. The zero-order valence-electron chi connectivity index (χ0n) is 9.70. The lowest BCUT2D eigenvalue weighted by molar-refractivity contribution is 0.0419. The summed E-state index contributed by atoms with van der Waals surface area (Å²) >= 11 is 0. The van der Waals surface area contributed by atoms with Gasteiger partial charge in [-0.3, -0.25) is 0 Å². The average Bonchev–Trinajstić information content (AvgIpc) is 2.70. The molecule has 1 fully saturated rings. The summed E-state index contributed by atoms with van der Waals surface area (Å²) < 4.78 is 6.01. The number of nitrogens with one attached hydrogen (secondary N) is 1. The van der Waals surface area contributed by atoms with Gasteiger partial charge < -0.3 is 10.1 Å². The topological polar surface area (TPSA) is 21.3 Å². The fourth-order valence-electron chi connectivity index (χ4n) is 2.40. The van der Waals surface area contributed by atoms with Crippen LogP contribution in [0, 0.1) is 5.92 Å². The fraction of sp³-hybridized carbons (Fsp3) is 0.692. The summed E-state index contributed by atoms with van der Waals surface area (Å²) in [5, 5.41) is 3.46. The Morgan fingerprint density at radius 3 is 3.07 bits per heavy atom. The van der Waals surface area contributed by atoms with Crippen LogP contribution in [-0.4, -0.2) is 25.3 Å². The number of hydrogen-bond acceptors (Lipinski definition) is 2. The molecule has 15 heavy (non-hydrogen) atoms. The van der Waals surface area contributed by atoms with Gasteiger partial charge in [-0.25, -0.2) is 0 Å². The number of hydrogen-bond donors (Lipinski definition) is 1. The van der Waals surface area contributed by atoms with E-state index >= 15 is 0 Å². The molecule has 0 aromatic heterocycles. The predicted molar refractivity (Wildman–Crippen MR) is 62.8 cm³/mol. The second-order valence-electron chi connectivity index (χ2n) is 4.70. The third kappa shape index (κ3) is 2.70. The van der Waals surface area contributed by atoms with E-state index in [0.717, 1.165) is 13.2 Å². The SMILES string of the molecule is CC1=CC=CC(C)C1OCC1CCCN1. The van der Waals surface area contributed by atoms with E-state index in [1.54, 1.807) is 0 Å². The Kier molecular flexibility index (Phi) is 3.60. The van der Waals surface area contributed by atoms with Crippen molar-refractivity contribution < 1.29 is 4.74 Å². The van der Waals surface area contributed by atoms with Crippen LogP contribution in [0.3, 0.4) is 0 Å². The highest BCUT2D eigenvalue weighted by molar-refractivity contribution is 5.22. The Bertz CT molecular complexity index is 264. The summed E-state index contributed by atoms with van der Waals surface area (Å²) in [6.07, 6.45) is 9.36. The molecule has 2 heteroatoms. The summed E-state index contributed by atoms with van der Waals surface area (Å²) in [4.78, 5) is 0. The van der Waals surface area contributed by atoms with Gasteiger partial charge in [-0.2, -0.15) is 0 Å². The molecule has 3 atom stereocenters. The lowest BCUT2D eigenvalue weighted by Crippen LogP contribution is -2.32. The van der Waals surface area contributed by atoms with Crippen LogP contribution in [0.4, 0.5) is 0 Å². The summed E-state index contributed by atoms with van der Waals surface area (Å²) in [6.45, 7) is 6.39. The molecule has 2 nitrogen and oxygen atoms in total. The van der Waals surface area contributed by atoms with Crippen LogP contribution >= 0.6 is 0 Å². The molecule has 0 amide bonds. The smallest absolute Gasteiger partial charge is 0.0846 e. The largest absolute Gasteiger partial charge is 0.372 e.